The van der Waals surface area contributed by atoms with Gasteiger partial charge in [-0.15, -0.1) is 11.3 Å². The van der Waals surface area contributed by atoms with Crippen molar-refractivity contribution in [3.63, 3.8) is 0 Å². The molecule has 0 aliphatic carbocycles. The van der Waals surface area contributed by atoms with E-state index in [2.05, 4.69) is 10.3 Å². The monoisotopic (exact) mass is 318 g/mol. The molecular weight excluding hydrogens is 296 g/mol. The van der Waals surface area contributed by atoms with E-state index < -0.39 is 9.84 Å². The van der Waals surface area contributed by atoms with Gasteiger partial charge in [-0.05, 0) is 31.2 Å². The quantitative estimate of drug-likeness (QED) is 0.724. The van der Waals surface area contributed by atoms with E-state index in [1.807, 2.05) is 10.9 Å². The van der Waals surface area contributed by atoms with Crippen molar-refractivity contribution in [2.45, 2.75) is 12.8 Å². The molecule has 0 saturated carbocycles. The van der Waals surface area contributed by atoms with Gasteiger partial charge in [-0.2, -0.15) is 0 Å². The van der Waals surface area contributed by atoms with Crippen LogP contribution in [0.4, 0.5) is 0 Å². The molecule has 7 heteroatoms. The van der Waals surface area contributed by atoms with Gasteiger partial charge >= 0.3 is 0 Å². The zero-order valence-electron chi connectivity index (χ0n) is 11.7. The molecule has 1 aromatic heterocycles. The number of rotatable bonds is 8. The molecule has 0 bridgehead atoms. The molecule has 1 aromatic rings. The van der Waals surface area contributed by atoms with Gasteiger partial charge in [0.15, 0.2) is 9.84 Å². The molecule has 0 aromatic carbocycles. The van der Waals surface area contributed by atoms with Gasteiger partial charge in [0.2, 0.25) is 0 Å². The fourth-order valence-corrected chi connectivity index (χ4v) is 5.16. The first-order valence-corrected chi connectivity index (χ1v) is 9.64. The molecule has 1 saturated heterocycles. The number of sulfone groups is 1. The Morgan fingerprint density at radius 2 is 2.45 bits per heavy atom. The number of nitrogens with one attached hydrogen (secondary N) is 1. The summed E-state index contributed by atoms with van der Waals surface area (Å²) in [5.74, 6) is 1.24. The molecular formula is C13H22N2O3S2. The fourth-order valence-electron chi connectivity index (χ4n) is 2.67. The van der Waals surface area contributed by atoms with Crippen molar-refractivity contribution >= 4 is 21.2 Å². The summed E-state index contributed by atoms with van der Waals surface area (Å²) in [6.45, 7) is 2.29. The highest BCUT2D eigenvalue weighted by molar-refractivity contribution is 7.91. The first-order chi connectivity index (χ1) is 9.61. The Hall–Kier alpha value is -0.500. The second-order valence-electron chi connectivity index (χ2n) is 5.30. The van der Waals surface area contributed by atoms with Crippen LogP contribution in [0, 0.1) is 11.8 Å². The van der Waals surface area contributed by atoms with Crippen molar-refractivity contribution in [3.8, 4) is 0 Å². The van der Waals surface area contributed by atoms with E-state index in [-0.39, 0.29) is 5.92 Å². The molecule has 1 N–H and O–H groups in total. The number of methoxy groups -OCH3 is 1. The van der Waals surface area contributed by atoms with E-state index in [0.717, 1.165) is 31.6 Å². The Bertz CT molecular complexity index is 488. The average molecular weight is 318 g/mol. The molecule has 0 spiro atoms. The van der Waals surface area contributed by atoms with Crippen molar-refractivity contribution in [1.82, 2.24) is 10.3 Å². The van der Waals surface area contributed by atoms with Crippen molar-refractivity contribution in [3.05, 3.63) is 16.6 Å². The molecule has 2 rings (SSSR count). The number of hydrogen-bond acceptors (Lipinski definition) is 6. The van der Waals surface area contributed by atoms with Gasteiger partial charge < -0.3 is 10.1 Å². The van der Waals surface area contributed by atoms with Crippen LogP contribution in [0.25, 0.3) is 0 Å². The van der Waals surface area contributed by atoms with Gasteiger partial charge in [0.1, 0.15) is 0 Å². The van der Waals surface area contributed by atoms with Gasteiger partial charge in [0, 0.05) is 19.0 Å². The predicted molar refractivity (Wildman–Crippen MR) is 80.8 cm³/mol. The lowest BCUT2D eigenvalue weighted by molar-refractivity contribution is 0.195. The maximum absolute atomic E-state index is 11.7. The first kappa shape index (κ1) is 15.9. The largest absolute Gasteiger partial charge is 0.383 e. The molecule has 1 fully saturated rings. The molecule has 114 valence electrons. The lowest BCUT2D eigenvalue weighted by atomic mass is 9.88. The smallest absolute Gasteiger partial charge is 0.150 e. The Kier molecular flexibility index (Phi) is 5.95. The van der Waals surface area contributed by atoms with Crippen molar-refractivity contribution in [2.75, 3.05) is 38.3 Å². The van der Waals surface area contributed by atoms with Gasteiger partial charge in [0.05, 0.1) is 29.3 Å². The Balaban J connectivity index is 1.92. The van der Waals surface area contributed by atoms with Crippen molar-refractivity contribution in [2.24, 2.45) is 11.8 Å². The Labute approximate surface area is 124 Å². The summed E-state index contributed by atoms with van der Waals surface area (Å²) in [7, 11) is -1.15. The van der Waals surface area contributed by atoms with Crippen molar-refractivity contribution in [1.29, 1.82) is 0 Å². The second-order valence-corrected chi connectivity index (χ2v) is 8.25. The van der Waals surface area contributed by atoms with E-state index in [9.17, 15) is 8.42 Å². The minimum absolute atomic E-state index is 0.247. The van der Waals surface area contributed by atoms with Crippen LogP contribution in [0.2, 0.25) is 0 Å². The standard InChI is InChI=1S/C13H22N2O3S2/c1-18-4-3-14-7-12(6-13-8-19-10-15-13)11-2-5-20(16,17)9-11/h8,10-12,14H,2-7,9H2,1H3. The SMILES string of the molecule is COCCNCC(Cc1cscn1)C1CCS(=O)(=O)C1. The Morgan fingerprint density at radius 3 is 3.05 bits per heavy atom. The van der Waals surface area contributed by atoms with Gasteiger partial charge in [-0.1, -0.05) is 0 Å². The first-order valence-electron chi connectivity index (χ1n) is 6.88. The van der Waals surface area contributed by atoms with Gasteiger partial charge in [0.25, 0.3) is 0 Å². The summed E-state index contributed by atoms with van der Waals surface area (Å²) in [5, 5.41) is 5.41. The van der Waals surface area contributed by atoms with Gasteiger partial charge in [-0.3, -0.25) is 0 Å². The van der Waals surface area contributed by atoms with E-state index >= 15 is 0 Å². The highest BCUT2D eigenvalue weighted by Gasteiger charge is 2.33. The fraction of sp³-hybridized carbons (Fsp3) is 0.769. The maximum Gasteiger partial charge on any atom is 0.150 e. The minimum Gasteiger partial charge on any atom is -0.383 e. The third-order valence-corrected chi connectivity index (χ3v) is 6.21. The van der Waals surface area contributed by atoms with E-state index in [4.69, 9.17) is 4.74 Å². The minimum atomic E-state index is -2.82. The lowest BCUT2D eigenvalue weighted by Gasteiger charge is -2.22. The number of hydrogen-bond donors (Lipinski definition) is 1. The molecule has 0 amide bonds. The van der Waals surface area contributed by atoms with Crippen LogP contribution in [0.5, 0.6) is 0 Å². The summed E-state index contributed by atoms with van der Waals surface area (Å²) >= 11 is 1.59. The van der Waals surface area contributed by atoms with E-state index in [0.29, 0.717) is 24.0 Å². The van der Waals surface area contributed by atoms with Gasteiger partial charge in [-0.25, -0.2) is 13.4 Å². The third-order valence-electron chi connectivity index (χ3n) is 3.78. The van der Waals surface area contributed by atoms with Crippen LogP contribution in [0.15, 0.2) is 10.9 Å². The number of ether oxygens (including phenoxy) is 1. The Morgan fingerprint density at radius 1 is 1.60 bits per heavy atom. The van der Waals surface area contributed by atoms with Crippen molar-refractivity contribution < 1.29 is 13.2 Å². The lowest BCUT2D eigenvalue weighted by Crippen LogP contribution is -2.32. The number of thiazole rings is 1. The zero-order chi connectivity index (χ0) is 14.4. The second kappa shape index (κ2) is 7.49. The predicted octanol–water partition coefficient (Wildman–Crippen LogP) is 0.972. The normalized spacial score (nSPS) is 22.9. The molecule has 2 heterocycles. The highest BCUT2D eigenvalue weighted by Crippen LogP contribution is 2.28. The summed E-state index contributed by atoms with van der Waals surface area (Å²) in [6, 6.07) is 0. The molecule has 2 atom stereocenters. The molecule has 0 radical (unpaired) electrons. The number of aromatic nitrogens is 1. The molecule has 1 aliphatic rings. The van der Waals surface area contributed by atoms with Crippen LogP contribution in [-0.2, 0) is 21.0 Å². The highest BCUT2D eigenvalue weighted by atomic mass is 32.2. The van der Waals surface area contributed by atoms with Crippen LogP contribution in [-0.4, -0.2) is 51.7 Å². The molecule has 1 aliphatic heterocycles. The third kappa shape index (κ3) is 4.80. The topological polar surface area (TPSA) is 68.3 Å². The van der Waals surface area contributed by atoms with Crippen LogP contribution in [0.1, 0.15) is 12.1 Å². The van der Waals surface area contributed by atoms with E-state index in [1.54, 1.807) is 18.4 Å². The molecule has 2 unspecified atom stereocenters. The molecule has 20 heavy (non-hydrogen) atoms. The van der Waals surface area contributed by atoms with Crippen LogP contribution >= 0.6 is 11.3 Å². The van der Waals surface area contributed by atoms with Crippen LogP contribution < -0.4 is 5.32 Å². The van der Waals surface area contributed by atoms with E-state index in [1.165, 1.54) is 0 Å². The summed E-state index contributed by atoms with van der Waals surface area (Å²) < 4.78 is 28.4. The van der Waals surface area contributed by atoms with Crippen LogP contribution in [0.3, 0.4) is 0 Å². The zero-order valence-corrected chi connectivity index (χ0v) is 13.4. The average Bonchev–Trinajstić information content (AvgIpc) is 3.02. The maximum atomic E-state index is 11.7. The summed E-state index contributed by atoms with van der Waals surface area (Å²) in [4.78, 5) is 4.32. The molecule has 5 nitrogen and oxygen atoms in total. The summed E-state index contributed by atoms with van der Waals surface area (Å²) in [5.41, 5.74) is 2.90. The summed E-state index contributed by atoms with van der Waals surface area (Å²) in [6.07, 6.45) is 1.63. The number of nitrogens with zero attached hydrogens (tertiary/aromatic N) is 1.